The van der Waals surface area contributed by atoms with Crippen LogP contribution in [-0.2, 0) is 0 Å². The predicted octanol–water partition coefficient (Wildman–Crippen LogP) is 4.13. The molecule has 5 heteroatoms. The van der Waals surface area contributed by atoms with E-state index in [4.69, 9.17) is 16.3 Å². The lowest BCUT2D eigenvalue weighted by molar-refractivity contribution is 0.0733. The Morgan fingerprint density at radius 1 is 1.21 bits per heavy atom. The maximum absolute atomic E-state index is 11.9. The first-order valence-electron chi connectivity index (χ1n) is 5.33. The number of halogens is 2. The van der Waals surface area contributed by atoms with Crippen molar-refractivity contribution in [2.24, 2.45) is 0 Å². The molecule has 0 aromatic heterocycles. The molecule has 0 atom stereocenters. The van der Waals surface area contributed by atoms with Crippen LogP contribution >= 0.6 is 27.5 Å². The third-order valence-electron chi connectivity index (χ3n) is 2.39. The van der Waals surface area contributed by atoms with E-state index in [1.165, 1.54) is 0 Å². The number of esters is 1. The number of ether oxygens (including phenoxy) is 1. The first-order chi connectivity index (χ1) is 9.11. The molecule has 0 N–H and O–H groups in total. The van der Waals surface area contributed by atoms with Gasteiger partial charge in [-0.05, 0) is 46.3 Å². The van der Waals surface area contributed by atoms with E-state index in [1.54, 1.807) is 42.5 Å². The van der Waals surface area contributed by atoms with Crippen molar-refractivity contribution >= 4 is 39.8 Å². The van der Waals surface area contributed by atoms with Crippen LogP contribution in [0.3, 0.4) is 0 Å². The van der Waals surface area contributed by atoms with Gasteiger partial charge >= 0.3 is 5.97 Å². The zero-order valence-corrected chi connectivity index (χ0v) is 11.9. The van der Waals surface area contributed by atoms with Gasteiger partial charge in [0.05, 0.1) is 15.1 Å². The van der Waals surface area contributed by atoms with Gasteiger partial charge in [-0.1, -0.05) is 23.7 Å². The molecule has 96 valence electrons. The average Bonchev–Trinajstić information content (AvgIpc) is 2.41. The summed E-state index contributed by atoms with van der Waals surface area (Å²) < 4.78 is 5.75. The molecule has 0 radical (unpaired) electrons. The van der Waals surface area contributed by atoms with Gasteiger partial charge < -0.3 is 4.74 Å². The van der Waals surface area contributed by atoms with Gasteiger partial charge in [0.15, 0.2) is 0 Å². The highest BCUT2D eigenvalue weighted by Crippen LogP contribution is 2.27. The van der Waals surface area contributed by atoms with Crippen molar-refractivity contribution in [1.29, 1.82) is 0 Å². The van der Waals surface area contributed by atoms with Crippen molar-refractivity contribution in [3.8, 4) is 5.75 Å². The molecule has 0 heterocycles. The van der Waals surface area contributed by atoms with Crippen molar-refractivity contribution in [2.75, 3.05) is 0 Å². The second-order valence-corrected chi connectivity index (χ2v) is 4.94. The van der Waals surface area contributed by atoms with Crippen molar-refractivity contribution < 1.29 is 14.3 Å². The number of aldehydes is 1. The minimum Gasteiger partial charge on any atom is -0.422 e. The summed E-state index contributed by atoms with van der Waals surface area (Å²) in [4.78, 5) is 22.6. The van der Waals surface area contributed by atoms with Crippen LogP contribution in [0.4, 0.5) is 0 Å². The summed E-state index contributed by atoms with van der Waals surface area (Å²) in [5, 5.41) is 0.327. The standard InChI is InChI=1S/C14H8BrClO3/c15-11-7-9(8-17)5-6-13(11)19-14(18)10-3-1-2-4-12(10)16/h1-8H. The summed E-state index contributed by atoms with van der Waals surface area (Å²) in [7, 11) is 0. The second-order valence-electron chi connectivity index (χ2n) is 3.68. The van der Waals surface area contributed by atoms with Gasteiger partial charge in [0.25, 0.3) is 0 Å². The Balaban J connectivity index is 2.24. The highest BCUT2D eigenvalue weighted by atomic mass is 79.9. The maximum atomic E-state index is 11.9. The Morgan fingerprint density at radius 2 is 1.95 bits per heavy atom. The van der Waals surface area contributed by atoms with Gasteiger partial charge in [0.2, 0.25) is 0 Å². The fourth-order valence-electron chi connectivity index (χ4n) is 1.45. The summed E-state index contributed by atoms with van der Waals surface area (Å²) in [6, 6.07) is 11.3. The highest BCUT2D eigenvalue weighted by Gasteiger charge is 2.13. The SMILES string of the molecule is O=Cc1ccc(OC(=O)c2ccccc2Cl)c(Br)c1. The Labute approximate surface area is 123 Å². The Bertz CT molecular complexity index is 640. The first-order valence-corrected chi connectivity index (χ1v) is 6.50. The van der Waals surface area contributed by atoms with E-state index in [2.05, 4.69) is 15.9 Å². The monoisotopic (exact) mass is 338 g/mol. The lowest BCUT2D eigenvalue weighted by atomic mass is 10.2. The van der Waals surface area contributed by atoms with E-state index in [0.29, 0.717) is 27.1 Å². The largest absolute Gasteiger partial charge is 0.422 e. The molecule has 0 aliphatic heterocycles. The number of carbonyl (C=O) groups excluding carboxylic acids is 2. The minimum absolute atomic E-state index is 0.288. The van der Waals surface area contributed by atoms with Gasteiger partial charge in [0, 0.05) is 5.56 Å². The molecular formula is C14H8BrClO3. The van der Waals surface area contributed by atoms with E-state index in [9.17, 15) is 9.59 Å². The van der Waals surface area contributed by atoms with E-state index in [1.807, 2.05) is 0 Å². The molecule has 2 rings (SSSR count). The smallest absolute Gasteiger partial charge is 0.345 e. The quantitative estimate of drug-likeness (QED) is 0.480. The summed E-state index contributed by atoms with van der Waals surface area (Å²) in [5.74, 6) is -0.222. The maximum Gasteiger partial charge on any atom is 0.345 e. The van der Waals surface area contributed by atoms with E-state index in [-0.39, 0.29) is 5.56 Å². The fraction of sp³-hybridized carbons (Fsp3) is 0. The van der Waals surface area contributed by atoms with Crippen LogP contribution in [0, 0.1) is 0 Å². The zero-order chi connectivity index (χ0) is 13.8. The van der Waals surface area contributed by atoms with Crippen molar-refractivity contribution in [3.05, 3.63) is 63.1 Å². The van der Waals surface area contributed by atoms with Crippen LogP contribution in [0.1, 0.15) is 20.7 Å². The van der Waals surface area contributed by atoms with E-state index < -0.39 is 5.97 Å². The molecule has 0 saturated carbocycles. The number of benzene rings is 2. The molecule has 2 aromatic carbocycles. The van der Waals surface area contributed by atoms with Crippen molar-refractivity contribution in [2.45, 2.75) is 0 Å². The second kappa shape index (κ2) is 5.99. The molecule has 3 nitrogen and oxygen atoms in total. The lowest BCUT2D eigenvalue weighted by Crippen LogP contribution is -2.09. The molecule has 0 spiro atoms. The van der Waals surface area contributed by atoms with Crippen molar-refractivity contribution in [3.63, 3.8) is 0 Å². The molecule has 0 fully saturated rings. The van der Waals surface area contributed by atoms with Gasteiger partial charge in [-0.2, -0.15) is 0 Å². The van der Waals surface area contributed by atoms with Gasteiger partial charge in [-0.15, -0.1) is 0 Å². The highest BCUT2D eigenvalue weighted by molar-refractivity contribution is 9.10. The molecule has 0 saturated heterocycles. The molecular weight excluding hydrogens is 332 g/mol. The number of carbonyl (C=O) groups is 2. The van der Waals surface area contributed by atoms with Gasteiger partial charge in [-0.3, -0.25) is 4.79 Å². The van der Waals surface area contributed by atoms with Crippen LogP contribution < -0.4 is 4.74 Å². The van der Waals surface area contributed by atoms with Gasteiger partial charge in [0.1, 0.15) is 12.0 Å². The Kier molecular flexibility index (Phi) is 4.35. The van der Waals surface area contributed by atoms with E-state index in [0.717, 1.165) is 0 Å². The predicted molar refractivity (Wildman–Crippen MR) is 75.9 cm³/mol. The third-order valence-corrected chi connectivity index (χ3v) is 3.34. The van der Waals surface area contributed by atoms with Crippen molar-refractivity contribution in [1.82, 2.24) is 0 Å². The van der Waals surface area contributed by atoms with E-state index >= 15 is 0 Å². The van der Waals surface area contributed by atoms with Crippen LogP contribution in [-0.4, -0.2) is 12.3 Å². The molecule has 0 aliphatic carbocycles. The fourth-order valence-corrected chi connectivity index (χ4v) is 2.15. The zero-order valence-electron chi connectivity index (χ0n) is 9.60. The number of rotatable bonds is 3. The topological polar surface area (TPSA) is 43.4 Å². The molecule has 0 aliphatic rings. The Hall–Kier alpha value is -1.65. The average molecular weight is 340 g/mol. The minimum atomic E-state index is -0.551. The summed E-state index contributed by atoms with van der Waals surface area (Å²) in [5.41, 5.74) is 0.778. The molecule has 0 unspecified atom stereocenters. The summed E-state index contributed by atoms with van der Waals surface area (Å²) in [6.45, 7) is 0. The normalized spacial score (nSPS) is 10.0. The first kappa shape index (κ1) is 13.8. The number of hydrogen-bond acceptors (Lipinski definition) is 3. The molecule has 19 heavy (non-hydrogen) atoms. The number of hydrogen-bond donors (Lipinski definition) is 0. The molecule has 0 bridgehead atoms. The van der Waals surface area contributed by atoms with Crippen LogP contribution in [0.25, 0.3) is 0 Å². The van der Waals surface area contributed by atoms with Crippen LogP contribution in [0.15, 0.2) is 46.9 Å². The Morgan fingerprint density at radius 3 is 2.58 bits per heavy atom. The van der Waals surface area contributed by atoms with Crippen LogP contribution in [0.2, 0.25) is 5.02 Å². The third kappa shape index (κ3) is 3.22. The molecule has 0 amide bonds. The molecule has 2 aromatic rings. The van der Waals surface area contributed by atoms with Gasteiger partial charge in [-0.25, -0.2) is 4.79 Å². The summed E-state index contributed by atoms with van der Waals surface area (Å²) in [6.07, 6.45) is 0.713. The lowest BCUT2D eigenvalue weighted by Gasteiger charge is -2.07. The summed E-state index contributed by atoms with van der Waals surface area (Å²) >= 11 is 9.15. The van der Waals surface area contributed by atoms with Crippen LogP contribution in [0.5, 0.6) is 5.75 Å².